The van der Waals surface area contributed by atoms with Gasteiger partial charge in [-0.05, 0) is 61.2 Å². The first-order valence-corrected chi connectivity index (χ1v) is 9.08. The predicted octanol–water partition coefficient (Wildman–Crippen LogP) is 4.65. The van der Waals surface area contributed by atoms with E-state index in [-0.39, 0.29) is 5.91 Å². The first-order valence-electron chi connectivity index (χ1n) is 8.70. The van der Waals surface area contributed by atoms with Gasteiger partial charge < -0.3 is 10.6 Å². The molecular formula is C21H21ClN4O. The average Bonchev–Trinajstić information content (AvgIpc) is 2.67. The molecule has 5 nitrogen and oxygen atoms in total. The number of halogens is 1. The van der Waals surface area contributed by atoms with Crippen molar-refractivity contribution in [3.8, 4) is 0 Å². The summed E-state index contributed by atoms with van der Waals surface area (Å²) in [7, 11) is 0. The molecule has 1 amide bonds. The minimum absolute atomic E-state index is 0.231. The minimum Gasteiger partial charge on any atom is -0.354 e. The Morgan fingerprint density at radius 1 is 1.00 bits per heavy atom. The predicted molar refractivity (Wildman–Crippen MR) is 110 cm³/mol. The van der Waals surface area contributed by atoms with Crippen LogP contribution >= 0.6 is 11.6 Å². The Morgan fingerprint density at radius 2 is 1.70 bits per heavy atom. The van der Waals surface area contributed by atoms with Crippen molar-refractivity contribution in [3.05, 3.63) is 82.1 Å². The number of nitrogens with zero attached hydrogens (tertiary/aromatic N) is 2. The van der Waals surface area contributed by atoms with Crippen molar-refractivity contribution in [1.29, 1.82) is 0 Å². The molecule has 0 bridgehead atoms. The van der Waals surface area contributed by atoms with E-state index in [1.807, 2.05) is 56.3 Å². The van der Waals surface area contributed by atoms with Gasteiger partial charge in [0.25, 0.3) is 5.91 Å². The molecule has 0 aliphatic carbocycles. The number of nitrogens with one attached hydrogen (secondary N) is 2. The van der Waals surface area contributed by atoms with Crippen LogP contribution in [-0.2, 0) is 6.42 Å². The lowest BCUT2D eigenvalue weighted by molar-refractivity contribution is 0.102. The Hall–Kier alpha value is -2.92. The number of aromatic nitrogens is 2. The zero-order chi connectivity index (χ0) is 19.2. The van der Waals surface area contributed by atoms with Crippen LogP contribution in [0.2, 0.25) is 5.02 Å². The number of amides is 1. The third-order valence-electron chi connectivity index (χ3n) is 4.29. The third-order valence-corrected chi connectivity index (χ3v) is 4.54. The van der Waals surface area contributed by atoms with E-state index in [1.54, 1.807) is 0 Å². The van der Waals surface area contributed by atoms with Crippen molar-refractivity contribution in [3.63, 3.8) is 0 Å². The van der Waals surface area contributed by atoms with Gasteiger partial charge in [-0.15, -0.1) is 0 Å². The van der Waals surface area contributed by atoms with Gasteiger partial charge in [0.1, 0.15) is 0 Å². The van der Waals surface area contributed by atoms with E-state index in [9.17, 15) is 4.79 Å². The molecule has 1 aromatic heterocycles. The quantitative estimate of drug-likeness (QED) is 0.653. The zero-order valence-electron chi connectivity index (χ0n) is 15.3. The molecule has 0 saturated heterocycles. The smallest absolute Gasteiger partial charge is 0.258 e. The highest BCUT2D eigenvalue weighted by molar-refractivity contribution is 6.30. The molecule has 1 heterocycles. The summed E-state index contributed by atoms with van der Waals surface area (Å²) in [5.74, 6) is 0.262. The van der Waals surface area contributed by atoms with Crippen LogP contribution in [0.3, 0.4) is 0 Å². The lowest BCUT2D eigenvalue weighted by Gasteiger charge is -2.08. The zero-order valence-corrected chi connectivity index (χ0v) is 16.0. The first kappa shape index (κ1) is 18.9. The van der Waals surface area contributed by atoms with Gasteiger partial charge in [0.2, 0.25) is 5.95 Å². The molecule has 2 aromatic carbocycles. The molecule has 0 fully saturated rings. The normalized spacial score (nSPS) is 10.5. The van der Waals surface area contributed by atoms with Crippen molar-refractivity contribution in [2.45, 2.75) is 20.3 Å². The van der Waals surface area contributed by atoms with Gasteiger partial charge in [0.05, 0.1) is 5.56 Å². The van der Waals surface area contributed by atoms with E-state index in [1.165, 1.54) is 23.5 Å². The van der Waals surface area contributed by atoms with Crippen LogP contribution in [0.1, 0.15) is 27.0 Å². The number of aryl methyl sites for hydroxylation is 2. The lowest BCUT2D eigenvalue weighted by Crippen LogP contribution is -2.14. The largest absolute Gasteiger partial charge is 0.354 e. The van der Waals surface area contributed by atoms with Crippen LogP contribution in [0.15, 0.2) is 54.9 Å². The van der Waals surface area contributed by atoms with E-state index >= 15 is 0 Å². The van der Waals surface area contributed by atoms with E-state index in [4.69, 9.17) is 11.6 Å². The number of hydrogen-bond donors (Lipinski definition) is 2. The molecule has 0 atom stereocenters. The summed E-state index contributed by atoms with van der Waals surface area (Å²) in [6.07, 6.45) is 3.87. The number of carbonyl (C=O) groups is 1. The number of benzene rings is 2. The molecule has 0 saturated carbocycles. The SMILES string of the molecule is Cc1ccc(NC(=O)c2cnc(NCCc3ccc(Cl)cc3)nc2)cc1C. The van der Waals surface area contributed by atoms with E-state index in [0.29, 0.717) is 18.1 Å². The van der Waals surface area contributed by atoms with Crippen molar-refractivity contribution in [2.24, 2.45) is 0 Å². The monoisotopic (exact) mass is 380 g/mol. The summed E-state index contributed by atoms with van der Waals surface area (Å²) >= 11 is 5.88. The summed E-state index contributed by atoms with van der Waals surface area (Å²) < 4.78 is 0. The molecule has 6 heteroatoms. The second kappa shape index (κ2) is 8.64. The van der Waals surface area contributed by atoms with Crippen LogP contribution < -0.4 is 10.6 Å². The second-order valence-corrected chi connectivity index (χ2v) is 6.79. The molecule has 3 aromatic rings. The van der Waals surface area contributed by atoms with Crippen molar-refractivity contribution in [1.82, 2.24) is 9.97 Å². The molecule has 3 rings (SSSR count). The summed E-state index contributed by atoms with van der Waals surface area (Å²) in [5, 5.41) is 6.74. The van der Waals surface area contributed by atoms with E-state index in [0.717, 1.165) is 22.7 Å². The Labute approximate surface area is 163 Å². The summed E-state index contributed by atoms with van der Waals surface area (Å²) in [4.78, 5) is 20.8. The maximum absolute atomic E-state index is 12.3. The topological polar surface area (TPSA) is 66.9 Å². The molecule has 0 radical (unpaired) electrons. The maximum atomic E-state index is 12.3. The molecule has 0 aliphatic rings. The minimum atomic E-state index is -0.231. The van der Waals surface area contributed by atoms with Crippen molar-refractivity contribution in [2.75, 3.05) is 17.2 Å². The lowest BCUT2D eigenvalue weighted by atomic mass is 10.1. The number of rotatable bonds is 6. The van der Waals surface area contributed by atoms with Crippen LogP contribution in [-0.4, -0.2) is 22.4 Å². The van der Waals surface area contributed by atoms with Crippen molar-refractivity contribution >= 4 is 29.1 Å². The van der Waals surface area contributed by atoms with Gasteiger partial charge in [0.15, 0.2) is 0 Å². The fourth-order valence-corrected chi connectivity index (χ4v) is 2.65. The molecule has 2 N–H and O–H groups in total. The molecule has 0 aliphatic heterocycles. The number of hydrogen-bond acceptors (Lipinski definition) is 4. The van der Waals surface area contributed by atoms with Gasteiger partial charge in [-0.2, -0.15) is 0 Å². The summed E-state index contributed by atoms with van der Waals surface area (Å²) in [6, 6.07) is 13.5. The van der Waals surface area contributed by atoms with Gasteiger partial charge in [-0.3, -0.25) is 4.79 Å². The molecule has 0 spiro atoms. The first-order chi connectivity index (χ1) is 13.0. The highest BCUT2D eigenvalue weighted by Crippen LogP contribution is 2.15. The van der Waals surface area contributed by atoms with Crippen LogP contribution in [0.4, 0.5) is 11.6 Å². The van der Waals surface area contributed by atoms with Gasteiger partial charge in [0, 0.05) is 29.6 Å². The van der Waals surface area contributed by atoms with E-state index < -0.39 is 0 Å². The Morgan fingerprint density at radius 3 is 2.37 bits per heavy atom. The van der Waals surface area contributed by atoms with Crippen LogP contribution in [0.25, 0.3) is 0 Å². The number of anilines is 2. The van der Waals surface area contributed by atoms with E-state index in [2.05, 4.69) is 20.6 Å². The maximum Gasteiger partial charge on any atom is 0.258 e. The molecule has 27 heavy (non-hydrogen) atoms. The van der Waals surface area contributed by atoms with Crippen LogP contribution in [0, 0.1) is 13.8 Å². The molecule has 0 unspecified atom stereocenters. The Bertz CT molecular complexity index is 924. The summed E-state index contributed by atoms with van der Waals surface area (Å²) in [6.45, 7) is 4.74. The average molecular weight is 381 g/mol. The second-order valence-electron chi connectivity index (χ2n) is 6.35. The standard InChI is InChI=1S/C21H21ClN4O/c1-14-3-8-19(11-15(14)2)26-20(27)17-12-24-21(25-13-17)23-10-9-16-4-6-18(22)7-5-16/h3-8,11-13H,9-10H2,1-2H3,(H,26,27)(H,23,24,25). The van der Waals surface area contributed by atoms with Gasteiger partial charge >= 0.3 is 0 Å². The van der Waals surface area contributed by atoms with Gasteiger partial charge in [-0.25, -0.2) is 9.97 Å². The summed E-state index contributed by atoms with van der Waals surface area (Å²) in [5.41, 5.74) is 4.66. The number of carbonyl (C=O) groups excluding carboxylic acids is 1. The Kier molecular flexibility index (Phi) is 6.04. The van der Waals surface area contributed by atoms with Gasteiger partial charge in [-0.1, -0.05) is 29.8 Å². The van der Waals surface area contributed by atoms with Crippen molar-refractivity contribution < 1.29 is 4.79 Å². The van der Waals surface area contributed by atoms with Crippen LogP contribution in [0.5, 0.6) is 0 Å². The third kappa shape index (κ3) is 5.28. The molecule has 138 valence electrons. The highest BCUT2D eigenvalue weighted by Gasteiger charge is 2.08. The molecular weight excluding hydrogens is 360 g/mol. The highest BCUT2D eigenvalue weighted by atomic mass is 35.5. The fourth-order valence-electron chi connectivity index (χ4n) is 2.53. The Balaban J connectivity index is 1.53. The fraction of sp³-hybridized carbons (Fsp3) is 0.190.